The molecule has 4 N–H and O–H groups in total. The van der Waals surface area contributed by atoms with Gasteiger partial charge in [0.2, 0.25) is 5.91 Å². The number of carboxylic acid groups (broad SMARTS) is 1. The molecule has 0 radical (unpaired) electrons. The second-order valence-corrected chi connectivity index (χ2v) is 4.01. The van der Waals surface area contributed by atoms with Crippen LogP contribution >= 0.6 is 0 Å². The highest BCUT2D eigenvalue weighted by atomic mass is 16.5. The van der Waals surface area contributed by atoms with Gasteiger partial charge in [0.15, 0.2) is 0 Å². The highest BCUT2D eigenvalue weighted by Gasteiger charge is 2.22. The second kappa shape index (κ2) is 8.95. The highest BCUT2D eigenvalue weighted by Crippen LogP contribution is 2.04. The summed E-state index contributed by atoms with van der Waals surface area (Å²) in [5.74, 6) is -1.54. The number of nitrogens with one attached hydrogen (secondary N) is 1. The first-order valence-electron chi connectivity index (χ1n) is 5.75. The number of carbonyl (C=O) groups is 2. The van der Waals surface area contributed by atoms with E-state index in [2.05, 4.69) is 5.32 Å². The molecule has 0 aliphatic rings. The number of hydrogen-bond acceptors (Lipinski definition) is 4. The molecule has 6 heteroatoms. The fourth-order valence-corrected chi connectivity index (χ4v) is 1.38. The molecule has 0 saturated carbocycles. The van der Waals surface area contributed by atoms with Crippen molar-refractivity contribution in [3.63, 3.8) is 0 Å². The minimum absolute atomic E-state index is 0.260. The SMILES string of the molecule is COCCCC(NC(=O)C(C)CCN)C(=O)O. The number of ether oxygens (including phenoxy) is 1. The molecule has 0 spiro atoms. The number of carboxylic acids is 1. The fraction of sp³-hybridized carbons (Fsp3) is 0.818. The van der Waals surface area contributed by atoms with Crippen LogP contribution in [-0.2, 0) is 14.3 Å². The van der Waals surface area contributed by atoms with E-state index in [0.29, 0.717) is 32.4 Å². The Labute approximate surface area is 102 Å². The van der Waals surface area contributed by atoms with Gasteiger partial charge in [-0.2, -0.15) is 0 Å². The summed E-state index contributed by atoms with van der Waals surface area (Å²) in [4.78, 5) is 22.5. The lowest BCUT2D eigenvalue weighted by atomic mass is 10.1. The Balaban J connectivity index is 4.15. The van der Waals surface area contributed by atoms with Crippen molar-refractivity contribution in [3.8, 4) is 0 Å². The van der Waals surface area contributed by atoms with Crippen LogP contribution in [0.15, 0.2) is 0 Å². The lowest BCUT2D eigenvalue weighted by Gasteiger charge is -2.17. The molecule has 0 heterocycles. The number of aliphatic carboxylic acids is 1. The Morgan fingerprint density at radius 3 is 2.53 bits per heavy atom. The number of methoxy groups -OCH3 is 1. The molecule has 100 valence electrons. The van der Waals surface area contributed by atoms with Crippen LogP contribution in [0, 0.1) is 5.92 Å². The van der Waals surface area contributed by atoms with Gasteiger partial charge in [0.25, 0.3) is 0 Å². The molecule has 17 heavy (non-hydrogen) atoms. The third kappa shape index (κ3) is 6.91. The quantitative estimate of drug-likeness (QED) is 0.496. The number of nitrogens with two attached hydrogens (primary N) is 1. The maximum absolute atomic E-state index is 11.6. The normalized spacial score (nSPS) is 14.1. The van der Waals surface area contributed by atoms with Crippen molar-refractivity contribution in [1.29, 1.82) is 0 Å². The predicted octanol–water partition coefficient (Wildman–Crippen LogP) is -0.0327. The van der Waals surface area contributed by atoms with E-state index in [0.717, 1.165) is 0 Å². The standard InChI is InChI=1S/C11H22N2O4/c1-8(5-6-12)10(14)13-9(11(15)16)4-3-7-17-2/h8-9H,3-7,12H2,1-2H3,(H,13,14)(H,15,16). The summed E-state index contributed by atoms with van der Waals surface area (Å²) in [5, 5.41) is 11.5. The summed E-state index contributed by atoms with van der Waals surface area (Å²) in [7, 11) is 1.55. The molecule has 1 amide bonds. The van der Waals surface area contributed by atoms with Crippen LogP contribution < -0.4 is 11.1 Å². The lowest BCUT2D eigenvalue weighted by Crippen LogP contribution is -2.43. The fourth-order valence-electron chi connectivity index (χ4n) is 1.38. The molecule has 0 rings (SSSR count). The molecule has 0 aliphatic carbocycles. The monoisotopic (exact) mass is 246 g/mol. The molecule has 0 saturated heterocycles. The van der Waals surface area contributed by atoms with Crippen LogP contribution in [0.25, 0.3) is 0 Å². The zero-order valence-corrected chi connectivity index (χ0v) is 10.4. The maximum atomic E-state index is 11.6. The average molecular weight is 246 g/mol. The zero-order chi connectivity index (χ0) is 13.3. The van der Waals surface area contributed by atoms with E-state index in [1.165, 1.54) is 0 Å². The van der Waals surface area contributed by atoms with E-state index >= 15 is 0 Å². The van der Waals surface area contributed by atoms with E-state index in [1.54, 1.807) is 14.0 Å². The van der Waals surface area contributed by atoms with Crippen LogP contribution in [0.5, 0.6) is 0 Å². The third-order valence-corrected chi connectivity index (χ3v) is 2.50. The minimum atomic E-state index is -1.02. The van der Waals surface area contributed by atoms with Crippen LogP contribution in [0.1, 0.15) is 26.2 Å². The highest BCUT2D eigenvalue weighted by molar-refractivity contribution is 5.84. The van der Waals surface area contributed by atoms with Gasteiger partial charge in [-0.05, 0) is 25.8 Å². The van der Waals surface area contributed by atoms with E-state index in [-0.39, 0.29) is 11.8 Å². The largest absolute Gasteiger partial charge is 0.480 e. The summed E-state index contributed by atoms with van der Waals surface area (Å²) < 4.78 is 4.84. The van der Waals surface area contributed by atoms with Gasteiger partial charge in [-0.1, -0.05) is 6.92 Å². The average Bonchev–Trinajstić information content (AvgIpc) is 2.27. The second-order valence-electron chi connectivity index (χ2n) is 4.01. The first kappa shape index (κ1) is 15.9. The van der Waals surface area contributed by atoms with Crippen molar-refractivity contribution in [1.82, 2.24) is 5.32 Å². The third-order valence-electron chi connectivity index (χ3n) is 2.50. The molecule has 0 aromatic carbocycles. The first-order chi connectivity index (χ1) is 8.02. The van der Waals surface area contributed by atoms with Gasteiger partial charge < -0.3 is 20.9 Å². The Morgan fingerprint density at radius 1 is 1.41 bits per heavy atom. The van der Waals surface area contributed by atoms with Gasteiger partial charge in [-0.25, -0.2) is 4.79 Å². The van der Waals surface area contributed by atoms with Crippen molar-refractivity contribution in [2.24, 2.45) is 11.7 Å². The van der Waals surface area contributed by atoms with E-state index in [9.17, 15) is 9.59 Å². The van der Waals surface area contributed by atoms with Crippen molar-refractivity contribution < 1.29 is 19.4 Å². The van der Waals surface area contributed by atoms with Crippen molar-refractivity contribution >= 4 is 11.9 Å². The Bertz CT molecular complexity index is 246. The summed E-state index contributed by atoms with van der Waals surface area (Å²) in [6, 6.07) is -0.849. The van der Waals surface area contributed by atoms with Gasteiger partial charge in [0, 0.05) is 19.6 Å². The van der Waals surface area contributed by atoms with Crippen LogP contribution in [0.2, 0.25) is 0 Å². The summed E-state index contributed by atoms with van der Waals surface area (Å²) in [6.45, 7) is 2.63. The van der Waals surface area contributed by atoms with Crippen LogP contribution in [0.4, 0.5) is 0 Å². The van der Waals surface area contributed by atoms with Gasteiger partial charge in [-0.3, -0.25) is 4.79 Å². The summed E-state index contributed by atoms with van der Waals surface area (Å²) >= 11 is 0. The topological polar surface area (TPSA) is 102 Å². The van der Waals surface area contributed by atoms with Crippen LogP contribution in [0.3, 0.4) is 0 Å². The lowest BCUT2D eigenvalue weighted by molar-refractivity contribution is -0.142. The number of rotatable bonds is 9. The Kier molecular flexibility index (Phi) is 8.35. The number of carbonyl (C=O) groups excluding carboxylic acids is 1. The maximum Gasteiger partial charge on any atom is 0.326 e. The predicted molar refractivity (Wildman–Crippen MR) is 63.5 cm³/mol. The van der Waals surface area contributed by atoms with Gasteiger partial charge in [0.1, 0.15) is 6.04 Å². The summed E-state index contributed by atoms with van der Waals surface area (Å²) in [6.07, 6.45) is 1.51. The summed E-state index contributed by atoms with van der Waals surface area (Å²) in [5.41, 5.74) is 5.34. The van der Waals surface area contributed by atoms with Gasteiger partial charge >= 0.3 is 5.97 Å². The molecular weight excluding hydrogens is 224 g/mol. The molecule has 0 aromatic rings. The molecule has 0 fully saturated rings. The van der Waals surface area contributed by atoms with Crippen LogP contribution in [-0.4, -0.2) is 43.3 Å². The molecule has 0 aromatic heterocycles. The molecule has 6 nitrogen and oxygen atoms in total. The molecule has 0 bridgehead atoms. The smallest absolute Gasteiger partial charge is 0.326 e. The number of amides is 1. The minimum Gasteiger partial charge on any atom is -0.480 e. The zero-order valence-electron chi connectivity index (χ0n) is 10.4. The molecular formula is C11H22N2O4. The molecule has 0 aliphatic heterocycles. The van der Waals surface area contributed by atoms with Crippen molar-refractivity contribution in [2.75, 3.05) is 20.3 Å². The Hall–Kier alpha value is -1.14. The van der Waals surface area contributed by atoms with Gasteiger partial charge in [-0.15, -0.1) is 0 Å². The molecule has 2 atom stereocenters. The first-order valence-corrected chi connectivity index (χ1v) is 5.75. The molecule has 2 unspecified atom stereocenters. The van der Waals surface area contributed by atoms with E-state index < -0.39 is 12.0 Å². The van der Waals surface area contributed by atoms with Gasteiger partial charge in [0.05, 0.1) is 0 Å². The Morgan fingerprint density at radius 2 is 2.06 bits per heavy atom. The number of hydrogen-bond donors (Lipinski definition) is 3. The van der Waals surface area contributed by atoms with Crippen molar-refractivity contribution in [2.45, 2.75) is 32.2 Å². The van der Waals surface area contributed by atoms with E-state index in [4.69, 9.17) is 15.6 Å². The van der Waals surface area contributed by atoms with Crippen molar-refractivity contribution in [3.05, 3.63) is 0 Å². The van der Waals surface area contributed by atoms with E-state index in [1.807, 2.05) is 0 Å².